The molecule has 124 valence electrons. The van der Waals surface area contributed by atoms with E-state index in [4.69, 9.17) is 0 Å². The zero-order valence-electron chi connectivity index (χ0n) is 13.6. The smallest absolute Gasteiger partial charge is 0.242 e. The molecular formula is C17H23N3O2S. The van der Waals surface area contributed by atoms with E-state index < -0.39 is 10.0 Å². The van der Waals surface area contributed by atoms with Gasteiger partial charge in [-0.1, -0.05) is 12.1 Å². The summed E-state index contributed by atoms with van der Waals surface area (Å²) in [4.78, 5) is 6.07. The number of nitrogens with one attached hydrogen (secondary N) is 1. The first-order valence-corrected chi connectivity index (χ1v) is 9.31. The third-order valence-corrected chi connectivity index (χ3v) is 6.22. The van der Waals surface area contributed by atoms with Crippen LogP contribution in [0.5, 0.6) is 0 Å². The van der Waals surface area contributed by atoms with Crippen molar-refractivity contribution in [1.82, 2.24) is 14.2 Å². The van der Waals surface area contributed by atoms with Gasteiger partial charge in [0.25, 0.3) is 0 Å². The van der Waals surface area contributed by atoms with Crippen LogP contribution in [0.25, 0.3) is 0 Å². The number of hydrogen-bond acceptors (Lipinski definition) is 3. The third-order valence-electron chi connectivity index (χ3n) is 4.41. The molecule has 2 heterocycles. The maximum atomic E-state index is 12.3. The molecule has 23 heavy (non-hydrogen) atoms. The first-order chi connectivity index (χ1) is 11.0. The van der Waals surface area contributed by atoms with Gasteiger partial charge in [0, 0.05) is 32.5 Å². The molecule has 1 aromatic heterocycles. The summed E-state index contributed by atoms with van der Waals surface area (Å²) >= 11 is 0. The largest absolute Gasteiger partial charge is 0.364 e. The molecule has 1 atom stereocenters. The second kappa shape index (κ2) is 6.47. The number of hydrogen-bond donors (Lipinski definition) is 1. The highest BCUT2D eigenvalue weighted by Gasteiger charge is 2.27. The molecule has 6 heteroatoms. The zero-order valence-corrected chi connectivity index (χ0v) is 14.4. The molecule has 0 bridgehead atoms. The third kappa shape index (κ3) is 3.34. The lowest BCUT2D eigenvalue weighted by Crippen LogP contribution is -2.24. The van der Waals surface area contributed by atoms with E-state index in [2.05, 4.69) is 16.0 Å². The van der Waals surface area contributed by atoms with Crippen LogP contribution in [0, 0.1) is 0 Å². The highest BCUT2D eigenvalue weighted by molar-refractivity contribution is 7.89. The van der Waals surface area contributed by atoms with E-state index in [0.29, 0.717) is 10.9 Å². The molecule has 2 aromatic rings. The Bertz CT molecular complexity index is 754. The molecule has 1 fully saturated rings. The first kappa shape index (κ1) is 16.2. The summed E-state index contributed by atoms with van der Waals surface area (Å²) in [7, 11) is -0.263. The van der Waals surface area contributed by atoms with Crippen molar-refractivity contribution < 1.29 is 8.42 Å². The van der Waals surface area contributed by atoms with Gasteiger partial charge in [0.05, 0.1) is 10.9 Å². The van der Waals surface area contributed by atoms with Gasteiger partial charge >= 0.3 is 0 Å². The second-order valence-corrected chi connectivity index (χ2v) is 8.34. The number of aromatic nitrogens is 1. The molecule has 1 saturated heterocycles. The predicted octanol–water partition coefficient (Wildman–Crippen LogP) is 2.60. The van der Waals surface area contributed by atoms with Crippen molar-refractivity contribution in [2.45, 2.75) is 30.3 Å². The minimum absolute atomic E-state index is 0.357. The average Bonchev–Trinajstić information content (AvgIpc) is 3.18. The number of sulfonamides is 1. The summed E-state index contributed by atoms with van der Waals surface area (Å²) in [6.45, 7) is 1.80. The molecule has 0 spiro atoms. The SMILES string of the molecule is CN(C)S(=O)(=O)c1cccc(CN2CCC[C@H]2c2ccc[nH]2)c1. The van der Waals surface area contributed by atoms with E-state index in [1.54, 1.807) is 26.2 Å². The zero-order chi connectivity index (χ0) is 16.4. The Balaban J connectivity index is 1.81. The minimum atomic E-state index is -3.38. The average molecular weight is 333 g/mol. The molecule has 3 rings (SSSR count). The number of rotatable bonds is 5. The Hall–Kier alpha value is -1.63. The molecule has 1 aliphatic heterocycles. The van der Waals surface area contributed by atoms with Crippen LogP contribution in [-0.4, -0.2) is 43.2 Å². The molecule has 0 amide bonds. The van der Waals surface area contributed by atoms with Gasteiger partial charge < -0.3 is 4.98 Å². The van der Waals surface area contributed by atoms with E-state index in [9.17, 15) is 8.42 Å². The maximum absolute atomic E-state index is 12.3. The molecular weight excluding hydrogens is 310 g/mol. The Morgan fingerprint density at radius 1 is 1.26 bits per heavy atom. The normalized spacial score (nSPS) is 19.5. The van der Waals surface area contributed by atoms with E-state index in [0.717, 1.165) is 25.1 Å². The number of nitrogens with zero attached hydrogens (tertiary/aromatic N) is 2. The van der Waals surface area contributed by atoms with E-state index in [1.807, 2.05) is 24.4 Å². The van der Waals surface area contributed by atoms with Crippen molar-refractivity contribution in [3.05, 3.63) is 53.9 Å². The van der Waals surface area contributed by atoms with Crippen molar-refractivity contribution in [2.24, 2.45) is 0 Å². The monoisotopic (exact) mass is 333 g/mol. The lowest BCUT2D eigenvalue weighted by Gasteiger charge is -2.24. The summed E-state index contributed by atoms with van der Waals surface area (Å²) in [5.41, 5.74) is 2.27. The van der Waals surface area contributed by atoms with E-state index in [1.165, 1.54) is 16.4 Å². The van der Waals surface area contributed by atoms with Crippen LogP contribution in [0.1, 0.15) is 30.1 Å². The van der Waals surface area contributed by atoms with Crippen LogP contribution in [0.2, 0.25) is 0 Å². The number of benzene rings is 1. The Kier molecular flexibility index (Phi) is 4.57. The van der Waals surface area contributed by atoms with E-state index >= 15 is 0 Å². The molecule has 0 aliphatic carbocycles. The fourth-order valence-electron chi connectivity index (χ4n) is 3.17. The number of likely N-dealkylation sites (tertiary alicyclic amines) is 1. The van der Waals surface area contributed by atoms with Gasteiger partial charge in [-0.05, 0) is 49.2 Å². The lowest BCUT2D eigenvalue weighted by molar-refractivity contribution is 0.245. The van der Waals surface area contributed by atoms with Crippen LogP contribution in [-0.2, 0) is 16.6 Å². The van der Waals surface area contributed by atoms with Crippen LogP contribution in [0.15, 0.2) is 47.5 Å². The predicted molar refractivity (Wildman–Crippen MR) is 90.5 cm³/mol. The summed E-state index contributed by atoms with van der Waals surface area (Å²) in [6.07, 6.45) is 4.26. The molecule has 0 radical (unpaired) electrons. The quantitative estimate of drug-likeness (QED) is 0.915. The van der Waals surface area contributed by atoms with Crippen molar-refractivity contribution in [3.8, 4) is 0 Å². The Labute approximate surface area is 138 Å². The number of H-pyrrole nitrogens is 1. The van der Waals surface area contributed by atoms with Crippen LogP contribution in [0.3, 0.4) is 0 Å². The Morgan fingerprint density at radius 2 is 2.09 bits per heavy atom. The summed E-state index contributed by atoms with van der Waals surface area (Å²) in [5.74, 6) is 0. The highest BCUT2D eigenvalue weighted by Crippen LogP contribution is 2.32. The fraction of sp³-hybridized carbons (Fsp3) is 0.412. The van der Waals surface area contributed by atoms with E-state index in [-0.39, 0.29) is 0 Å². The van der Waals surface area contributed by atoms with Crippen LogP contribution >= 0.6 is 0 Å². The van der Waals surface area contributed by atoms with Crippen molar-refractivity contribution in [3.63, 3.8) is 0 Å². The molecule has 1 aromatic carbocycles. The molecule has 0 unspecified atom stereocenters. The summed E-state index contributed by atoms with van der Waals surface area (Å²) in [5, 5.41) is 0. The number of aromatic amines is 1. The van der Waals surface area contributed by atoms with Crippen molar-refractivity contribution >= 4 is 10.0 Å². The van der Waals surface area contributed by atoms with Crippen molar-refractivity contribution in [2.75, 3.05) is 20.6 Å². The molecule has 0 saturated carbocycles. The lowest BCUT2D eigenvalue weighted by atomic mass is 10.1. The molecule has 5 nitrogen and oxygen atoms in total. The van der Waals surface area contributed by atoms with Gasteiger partial charge in [0.1, 0.15) is 0 Å². The van der Waals surface area contributed by atoms with Crippen LogP contribution in [0.4, 0.5) is 0 Å². The standard InChI is InChI=1S/C17H23N3O2S/c1-19(2)23(21,22)15-7-3-6-14(12-15)13-20-11-5-9-17(20)16-8-4-10-18-16/h3-4,6-8,10,12,17-18H,5,9,11,13H2,1-2H3/t17-/m0/s1. The molecule has 1 aliphatic rings. The van der Waals surface area contributed by atoms with Crippen LogP contribution < -0.4 is 0 Å². The second-order valence-electron chi connectivity index (χ2n) is 6.19. The first-order valence-electron chi connectivity index (χ1n) is 7.87. The Morgan fingerprint density at radius 3 is 2.78 bits per heavy atom. The molecule has 1 N–H and O–H groups in total. The highest BCUT2D eigenvalue weighted by atomic mass is 32.2. The van der Waals surface area contributed by atoms with Gasteiger partial charge in [0.15, 0.2) is 0 Å². The fourth-order valence-corrected chi connectivity index (χ4v) is 4.14. The van der Waals surface area contributed by atoms with Gasteiger partial charge in [-0.25, -0.2) is 12.7 Å². The maximum Gasteiger partial charge on any atom is 0.242 e. The van der Waals surface area contributed by atoms with Crippen molar-refractivity contribution in [1.29, 1.82) is 0 Å². The topological polar surface area (TPSA) is 56.4 Å². The summed E-state index contributed by atoms with van der Waals surface area (Å²) in [6, 6.07) is 11.8. The van der Waals surface area contributed by atoms with Gasteiger partial charge in [-0.15, -0.1) is 0 Å². The van der Waals surface area contributed by atoms with Gasteiger partial charge in [0.2, 0.25) is 10.0 Å². The minimum Gasteiger partial charge on any atom is -0.364 e. The van der Waals surface area contributed by atoms with Gasteiger partial charge in [-0.2, -0.15) is 0 Å². The van der Waals surface area contributed by atoms with Gasteiger partial charge in [-0.3, -0.25) is 4.90 Å². The summed E-state index contributed by atoms with van der Waals surface area (Å²) < 4.78 is 25.8.